The van der Waals surface area contributed by atoms with Crippen molar-refractivity contribution in [3.63, 3.8) is 0 Å². The zero-order valence-electron chi connectivity index (χ0n) is 14.9. The molecule has 1 amide bonds. The molecule has 0 saturated carbocycles. The van der Waals surface area contributed by atoms with Gasteiger partial charge in [-0.15, -0.1) is 0 Å². The summed E-state index contributed by atoms with van der Waals surface area (Å²) in [5.41, 5.74) is 4.84. The van der Waals surface area contributed by atoms with E-state index in [1.165, 1.54) is 5.56 Å². The Labute approximate surface area is 147 Å². The van der Waals surface area contributed by atoms with E-state index in [-0.39, 0.29) is 11.8 Å². The van der Waals surface area contributed by atoms with Crippen molar-refractivity contribution in [1.82, 2.24) is 19.4 Å². The number of hydrogen-bond acceptors (Lipinski definition) is 3. The van der Waals surface area contributed by atoms with Gasteiger partial charge in [0.2, 0.25) is 0 Å². The molecule has 0 radical (unpaired) electrons. The predicted octanol–water partition coefficient (Wildman–Crippen LogP) is 3.21. The van der Waals surface area contributed by atoms with Crippen molar-refractivity contribution in [2.45, 2.75) is 26.2 Å². The number of hydrogen-bond donors (Lipinski definition) is 0. The van der Waals surface area contributed by atoms with E-state index in [0.29, 0.717) is 6.54 Å². The van der Waals surface area contributed by atoms with Gasteiger partial charge in [0.1, 0.15) is 11.3 Å². The van der Waals surface area contributed by atoms with Crippen molar-refractivity contribution in [3.8, 4) is 0 Å². The largest absolute Gasteiger partial charge is 0.338 e. The molecule has 1 aliphatic heterocycles. The molecular weight excluding hydrogens is 312 g/mol. The van der Waals surface area contributed by atoms with E-state index >= 15 is 0 Å². The minimum Gasteiger partial charge on any atom is -0.338 e. The molecule has 0 aliphatic carbocycles. The molecule has 25 heavy (non-hydrogen) atoms. The SMILES string of the molecule is Cc1ccc(C(=O)N2CCC(c3nc4cccnc4n3C)C2)c(C)c1. The number of benzene rings is 1. The van der Waals surface area contributed by atoms with E-state index in [9.17, 15) is 4.79 Å². The van der Waals surface area contributed by atoms with Gasteiger partial charge >= 0.3 is 0 Å². The number of imidazole rings is 1. The highest BCUT2D eigenvalue weighted by Crippen LogP contribution is 2.29. The molecule has 4 rings (SSSR count). The summed E-state index contributed by atoms with van der Waals surface area (Å²) in [6, 6.07) is 9.91. The Morgan fingerprint density at radius 3 is 2.84 bits per heavy atom. The molecule has 5 nitrogen and oxygen atoms in total. The van der Waals surface area contributed by atoms with Crippen molar-refractivity contribution in [2.75, 3.05) is 13.1 Å². The third-order valence-electron chi connectivity index (χ3n) is 5.12. The van der Waals surface area contributed by atoms with E-state index in [0.717, 1.165) is 41.1 Å². The van der Waals surface area contributed by atoms with Crippen LogP contribution in [-0.4, -0.2) is 38.4 Å². The Balaban J connectivity index is 1.58. The number of amides is 1. The smallest absolute Gasteiger partial charge is 0.254 e. The Hall–Kier alpha value is -2.69. The summed E-state index contributed by atoms with van der Waals surface area (Å²) in [6.45, 7) is 5.54. The van der Waals surface area contributed by atoms with Gasteiger partial charge < -0.3 is 9.47 Å². The standard InChI is InChI=1S/C20H22N4O/c1-13-6-7-16(14(2)11-13)20(25)24-10-8-15(12-24)18-22-17-5-4-9-21-19(17)23(18)3/h4-7,9,11,15H,8,10,12H2,1-3H3. The Morgan fingerprint density at radius 2 is 2.08 bits per heavy atom. The van der Waals surface area contributed by atoms with Gasteiger partial charge in [-0.05, 0) is 44.0 Å². The molecule has 5 heteroatoms. The first-order valence-electron chi connectivity index (χ1n) is 8.68. The molecule has 3 heterocycles. The molecular formula is C20H22N4O. The lowest BCUT2D eigenvalue weighted by atomic mass is 10.0. The number of aromatic nitrogens is 3. The fourth-order valence-corrected chi connectivity index (χ4v) is 3.79. The highest BCUT2D eigenvalue weighted by atomic mass is 16.2. The molecule has 2 aromatic heterocycles. The first-order valence-corrected chi connectivity index (χ1v) is 8.68. The maximum absolute atomic E-state index is 12.9. The molecule has 1 atom stereocenters. The van der Waals surface area contributed by atoms with Crippen LogP contribution in [0.5, 0.6) is 0 Å². The summed E-state index contributed by atoms with van der Waals surface area (Å²) in [4.78, 5) is 24.0. The van der Waals surface area contributed by atoms with Gasteiger partial charge in [0.15, 0.2) is 5.65 Å². The average molecular weight is 334 g/mol. The summed E-state index contributed by atoms with van der Waals surface area (Å²) in [6.07, 6.45) is 2.73. The molecule has 1 aromatic carbocycles. The number of likely N-dealkylation sites (tertiary alicyclic amines) is 1. The van der Waals surface area contributed by atoms with Crippen LogP contribution in [0.3, 0.4) is 0 Å². The molecule has 1 unspecified atom stereocenters. The van der Waals surface area contributed by atoms with Gasteiger partial charge in [-0.3, -0.25) is 4.79 Å². The van der Waals surface area contributed by atoms with Crippen LogP contribution in [0.4, 0.5) is 0 Å². The fraction of sp³-hybridized carbons (Fsp3) is 0.350. The van der Waals surface area contributed by atoms with Gasteiger partial charge in [-0.1, -0.05) is 17.7 Å². The zero-order chi connectivity index (χ0) is 17.6. The molecule has 1 aliphatic rings. The molecule has 0 N–H and O–H groups in total. The number of carbonyl (C=O) groups excluding carboxylic acids is 1. The average Bonchev–Trinajstić information content (AvgIpc) is 3.20. The Morgan fingerprint density at radius 1 is 1.24 bits per heavy atom. The molecule has 1 fully saturated rings. The van der Waals surface area contributed by atoms with Gasteiger partial charge in [-0.2, -0.15) is 0 Å². The summed E-state index contributed by atoms with van der Waals surface area (Å²) in [5.74, 6) is 1.40. The molecule has 0 spiro atoms. The highest BCUT2D eigenvalue weighted by molar-refractivity contribution is 5.96. The first-order chi connectivity index (χ1) is 12.0. The zero-order valence-corrected chi connectivity index (χ0v) is 14.9. The van der Waals surface area contributed by atoms with Crippen molar-refractivity contribution in [1.29, 1.82) is 0 Å². The van der Waals surface area contributed by atoms with Gasteiger partial charge in [0.05, 0.1) is 0 Å². The number of pyridine rings is 1. The number of nitrogens with zero attached hydrogens (tertiary/aromatic N) is 4. The van der Waals surface area contributed by atoms with E-state index in [1.807, 2.05) is 50.1 Å². The second-order valence-corrected chi connectivity index (χ2v) is 6.93. The number of rotatable bonds is 2. The van der Waals surface area contributed by atoms with Gasteiger partial charge in [0.25, 0.3) is 5.91 Å². The van der Waals surface area contributed by atoms with Crippen molar-refractivity contribution >= 4 is 17.1 Å². The summed E-state index contributed by atoms with van der Waals surface area (Å²) in [5, 5.41) is 0. The number of aryl methyl sites for hydroxylation is 3. The van der Waals surface area contributed by atoms with E-state index < -0.39 is 0 Å². The van der Waals surface area contributed by atoms with Gasteiger partial charge in [0, 0.05) is 37.8 Å². The number of fused-ring (bicyclic) bond motifs is 1. The fourth-order valence-electron chi connectivity index (χ4n) is 3.79. The minimum absolute atomic E-state index is 0.122. The van der Waals surface area contributed by atoms with Crippen LogP contribution >= 0.6 is 0 Å². The topological polar surface area (TPSA) is 51.0 Å². The van der Waals surface area contributed by atoms with Crippen LogP contribution in [-0.2, 0) is 7.05 Å². The molecule has 128 valence electrons. The second kappa shape index (κ2) is 5.99. The highest BCUT2D eigenvalue weighted by Gasteiger charge is 2.31. The summed E-state index contributed by atoms with van der Waals surface area (Å²) >= 11 is 0. The lowest BCUT2D eigenvalue weighted by Gasteiger charge is -2.18. The summed E-state index contributed by atoms with van der Waals surface area (Å²) in [7, 11) is 2.01. The van der Waals surface area contributed by atoms with Crippen molar-refractivity contribution < 1.29 is 4.79 Å². The van der Waals surface area contributed by atoms with Crippen molar-refractivity contribution in [3.05, 3.63) is 59.0 Å². The van der Waals surface area contributed by atoms with Crippen LogP contribution in [0.1, 0.15) is 39.6 Å². The first kappa shape index (κ1) is 15.8. The Kier molecular flexibility index (Phi) is 3.79. The van der Waals surface area contributed by atoms with E-state index in [4.69, 9.17) is 4.98 Å². The number of carbonyl (C=O) groups is 1. The van der Waals surface area contributed by atoms with E-state index in [1.54, 1.807) is 6.20 Å². The molecule has 0 bridgehead atoms. The molecule has 3 aromatic rings. The lowest BCUT2D eigenvalue weighted by Crippen LogP contribution is -2.29. The minimum atomic E-state index is 0.122. The van der Waals surface area contributed by atoms with E-state index in [2.05, 4.69) is 15.6 Å². The third kappa shape index (κ3) is 2.69. The maximum Gasteiger partial charge on any atom is 0.254 e. The summed E-state index contributed by atoms with van der Waals surface area (Å²) < 4.78 is 2.06. The van der Waals surface area contributed by atoms with Crippen LogP contribution in [0.15, 0.2) is 36.5 Å². The molecule has 1 saturated heterocycles. The maximum atomic E-state index is 12.9. The second-order valence-electron chi connectivity index (χ2n) is 6.93. The van der Waals surface area contributed by atoms with Gasteiger partial charge in [-0.25, -0.2) is 9.97 Å². The normalized spacial score (nSPS) is 17.4. The lowest BCUT2D eigenvalue weighted by molar-refractivity contribution is 0.0789. The van der Waals surface area contributed by atoms with Crippen LogP contribution < -0.4 is 0 Å². The Bertz CT molecular complexity index is 959. The predicted molar refractivity (Wildman–Crippen MR) is 97.7 cm³/mol. The quantitative estimate of drug-likeness (QED) is 0.723. The monoisotopic (exact) mass is 334 g/mol. The van der Waals surface area contributed by atoms with Crippen LogP contribution in [0.2, 0.25) is 0 Å². The van der Waals surface area contributed by atoms with Crippen LogP contribution in [0, 0.1) is 13.8 Å². The van der Waals surface area contributed by atoms with Crippen LogP contribution in [0.25, 0.3) is 11.2 Å². The van der Waals surface area contributed by atoms with Crippen molar-refractivity contribution in [2.24, 2.45) is 7.05 Å². The third-order valence-corrected chi connectivity index (χ3v) is 5.12.